The predicted octanol–water partition coefficient (Wildman–Crippen LogP) is 18.3. The van der Waals surface area contributed by atoms with Crippen LogP contribution >= 0.6 is 0 Å². The van der Waals surface area contributed by atoms with Crippen molar-refractivity contribution in [3.05, 3.63) is 278 Å². The molecule has 14 rings (SSSR count). The van der Waals surface area contributed by atoms with Gasteiger partial charge >= 0.3 is 0 Å². The Bertz CT molecular complexity index is 4200. The molecule has 0 spiro atoms. The minimum absolute atomic E-state index is 0.0494. The highest BCUT2D eigenvalue weighted by atomic mass is 15.3. The highest BCUT2D eigenvalue weighted by molar-refractivity contribution is 6.26. The number of para-hydroxylation sites is 2. The normalized spacial score (nSPS) is 14.7. The Balaban J connectivity index is 0.989. The number of anilines is 3. The second-order valence-corrected chi connectivity index (χ2v) is 19.1. The van der Waals surface area contributed by atoms with Crippen LogP contribution in [0.4, 0.5) is 17.1 Å². The van der Waals surface area contributed by atoms with E-state index in [1.807, 2.05) is 6.08 Å². The lowest BCUT2D eigenvalue weighted by Gasteiger charge is -2.27. The SMILES string of the molecule is C=C/C=C(\C=C1/Cc2ccccc2-c2ccccc21)c1cc2c(-c3ccc(N4c5ccccc5NC4c4ccccc4)cc3)cc(-c3ccc4c5ccccc5c5ccccc5c4c3)nc2c2ccccc12. The molecule has 72 heavy (non-hydrogen) atoms. The molecule has 0 radical (unpaired) electrons. The van der Waals surface area contributed by atoms with E-state index in [0.717, 1.165) is 78.7 Å². The quantitative estimate of drug-likeness (QED) is 0.128. The van der Waals surface area contributed by atoms with Gasteiger partial charge in [0.1, 0.15) is 6.17 Å². The van der Waals surface area contributed by atoms with Crippen LogP contribution in [0.25, 0.3) is 98.7 Å². The van der Waals surface area contributed by atoms with Gasteiger partial charge in [-0.1, -0.05) is 213 Å². The molecule has 338 valence electrons. The number of allylic oxidation sites excluding steroid dienone is 5. The van der Waals surface area contributed by atoms with E-state index in [1.54, 1.807) is 0 Å². The molecule has 2 aliphatic rings. The second-order valence-electron chi connectivity index (χ2n) is 19.1. The Labute approximate surface area is 419 Å². The molecule has 1 aliphatic heterocycles. The van der Waals surface area contributed by atoms with Crippen molar-refractivity contribution >= 4 is 82.2 Å². The molecular weight excluding hydrogens is 871 g/mol. The number of nitrogens with zero attached hydrogens (tertiary/aromatic N) is 2. The zero-order chi connectivity index (χ0) is 47.7. The van der Waals surface area contributed by atoms with Crippen LogP contribution in [0.2, 0.25) is 0 Å². The summed E-state index contributed by atoms with van der Waals surface area (Å²) in [5.41, 5.74) is 18.5. The van der Waals surface area contributed by atoms with E-state index in [9.17, 15) is 0 Å². The zero-order valence-corrected chi connectivity index (χ0v) is 39.6. The first kappa shape index (κ1) is 41.6. The monoisotopic (exact) mass is 917 g/mol. The standard InChI is InChI=1S/C69H47N3/c1-2-18-46(39-49-40-47-21-6-7-22-51(47)53-24-9-8-23-52(49)53)61-42-64-62(44-33-36-50(37-34-44)72-67-32-17-16-31-65(67)71-69(72)45-19-4-3-5-20-45)43-66(70-68(64)60-30-15-14-29-58(60)61)48-35-38-59-56-27-11-10-25-54(56)55-26-12-13-28-57(55)63(59)41-48/h2-39,41-43,69,71H,1,40H2/b46-18+,49-39+. The minimum Gasteiger partial charge on any atom is -0.359 e. The van der Waals surface area contributed by atoms with Crippen molar-refractivity contribution in [2.75, 3.05) is 10.2 Å². The Morgan fingerprint density at radius 1 is 0.486 bits per heavy atom. The summed E-state index contributed by atoms with van der Waals surface area (Å²) in [5, 5.41) is 14.7. The average Bonchev–Trinajstić information content (AvgIpc) is 3.85. The summed E-state index contributed by atoms with van der Waals surface area (Å²) < 4.78 is 0. The maximum absolute atomic E-state index is 5.70. The molecule has 1 aliphatic carbocycles. The van der Waals surface area contributed by atoms with Crippen LogP contribution < -0.4 is 10.2 Å². The summed E-state index contributed by atoms with van der Waals surface area (Å²) in [5.74, 6) is 0. The van der Waals surface area contributed by atoms with Crippen LogP contribution in [0.15, 0.2) is 255 Å². The smallest absolute Gasteiger partial charge is 0.130 e. The van der Waals surface area contributed by atoms with Crippen molar-refractivity contribution in [2.24, 2.45) is 0 Å². The van der Waals surface area contributed by atoms with Crippen molar-refractivity contribution in [1.29, 1.82) is 0 Å². The molecule has 2 heterocycles. The number of hydrogen-bond acceptors (Lipinski definition) is 3. The van der Waals surface area contributed by atoms with Crippen LogP contribution in [0.1, 0.15) is 28.4 Å². The van der Waals surface area contributed by atoms with Gasteiger partial charge in [-0.2, -0.15) is 0 Å². The molecule has 1 N–H and O–H groups in total. The third kappa shape index (κ3) is 6.77. The Morgan fingerprint density at radius 2 is 1.08 bits per heavy atom. The molecular formula is C69H47N3. The fourth-order valence-corrected chi connectivity index (χ4v) is 11.8. The lowest BCUT2D eigenvalue weighted by atomic mass is 9.81. The molecule has 1 atom stereocenters. The first-order valence-electron chi connectivity index (χ1n) is 24.9. The molecule has 0 amide bonds. The summed E-state index contributed by atoms with van der Waals surface area (Å²) in [4.78, 5) is 8.12. The summed E-state index contributed by atoms with van der Waals surface area (Å²) in [6.07, 6.45) is 7.29. The topological polar surface area (TPSA) is 28.2 Å². The van der Waals surface area contributed by atoms with Crippen LogP contribution in [-0.2, 0) is 6.42 Å². The van der Waals surface area contributed by atoms with Gasteiger partial charge in [-0.15, -0.1) is 0 Å². The number of hydrogen-bond donors (Lipinski definition) is 1. The van der Waals surface area contributed by atoms with Gasteiger partial charge in [0.15, 0.2) is 0 Å². The molecule has 0 saturated carbocycles. The number of fused-ring (bicyclic) bond motifs is 13. The van der Waals surface area contributed by atoms with Gasteiger partial charge < -0.3 is 10.2 Å². The van der Waals surface area contributed by atoms with Crippen LogP contribution in [0, 0.1) is 0 Å². The summed E-state index contributed by atoms with van der Waals surface area (Å²) in [6, 6.07) is 84.1. The van der Waals surface area contributed by atoms with E-state index in [0.29, 0.717) is 0 Å². The molecule has 12 aromatic rings. The fourth-order valence-electron chi connectivity index (χ4n) is 11.8. The van der Waals surface area contributed by atoms with Crippen molar-refractivity contribution in [3.63, 3.8) is 0 Å². The van der Waals surface area contributed by atoms with Crippen LogP contribution in [-0.4, -0.2) is 4.98 Å². The van der Waals surface area contributed by atoms with E-state index in [1.165, 1.54) is 65.7 Å². The first-order valence-corrected chi connectivity index (χ1v) is 24.9. The molecule has 0 bridgehead atoms. The zero-order valence-electron chi connectivity index (χ0n) is 39.6. The summed E-state index contributed by atoms with van der Waals surface area (Å²) in [6.45, 7) is 4.26. The number of rotatable bonds is 7. The van der Waals surface area contributed by atoms with Crippen molar-refractivity contribution < 1.29 is 0 Å². The first-order chi connectivity index (χ1) is 35.7. The van der Waals surface area contributed by atoms with E-state index < -0.39 is 0 Å². The molecule has 0 saturated heterocycles. The lowest BCUT2D eigenvalue weighted by Crippen LogP contribution is -2.23. The van der Waals surface area contributed by atoms with Gasteiger partial charge in [0.05, 0.1) is 22.6 Å². The van der Waals surface area contributed by atoms with E-state index in [2.05, 4.69) is 259 Å². The largest absolute Gasteiger partial charge is 0.359 e. The lowest BCUT2D eigenvalue weighted by molar-refractivity contribution is 0.828. The third-order valence-electron chi connectivity index (χ3n) is 15.0. The molecule has 1 aromatic heterocycles. The maximum atomic E-state index is 5.70. The number of benzene rings is 11. The van der Waals surface area contributed by atoms with Gasteiger partial charge in [-0.3, -0.25) is 0 Å². The van der Waals surface area contributed by atoms with Gasteiger partial charge in [-0.25, -0.2) is 4.98 Å². The van der Waals surface area contributed by atoms with Crippen molar-refractivity contribution in [3.8, 4) is 33.5 Å². The molecule has 11 aromatic carbocycles. The Hall–Kier alpha value is -9.31. The predicted molar refractivity (Wildman–Crippen MR) is 306 cm³/mol. The minimum atomic E-state index is -0.0494. The Kier molecular flexibility index (Phi) is 9.82. The molecule has 3 heteroatoms. The average molecular weight is 918 g/mol. The van der Waals surface area contributed by atoms with Crippen molar-refractivity contribution in [1.82, 2.24) is 4.98 Å². The van der Waals surface area contributed by atoms with E-state index in [4.69, 9.17) is 4.98 Å². The van der Waals surface area contributed by atoms with E-state index >= 15 is 0 Å². The second kappa shape index (κ2) is 17.0. The Morgan fingerprint density at radius 3 is 1.83 bits per heavy atom. The van der Waals surface area contributed by atoms with Crippen molar-refractivity contribution in [2.45, 2.75) is 12.6 Å². The fraction of sp³-hybridized carbons (Fsp3) is 0.0290. The van der Waals surface area contributed by atoms with Gasteiger partial charge in [-0.05, 0) is 142 Å². The van der Waals surface area contributed by atoms with E-state index in [-0.39, 0.29) is 6.17 Å². The van der Waals surface area contributed by atoms with Crippen LogP contribution in [0.3, 0.4) is 0 Å². The third-order valence-corrected chi connectivity index (χ3v) is 15.0. The highest BCUT2D eigenvalue weighted by Crippen LogP contribution is 2.48. The van der Waals surface area contributed by atoms with Crippen LogP contribution in [0.5, 0.6) is 0 Å². The molecule has 0 fully saturated rings. The summed E-state index contributed by atoms with van der Waals surface area (Å²) in [7, 11) is 0. The highest BCUT2D eigenvalue weighted by Gasteiger charge is 2.31. The number of pyridine rings is 1. The maximum Gasteiger partial charge on any atom is 0.130 e. The summed E-state index contributed by atoms with van der Waals surface area (Å²) >= 11 is 0. The number of aromatic nitrogens is 1. The van der Waals surface area contributed by atoms with Gasteiger partial charge in [0, 0.05) is 22.0 Å². The van der Waals surface area contributed by atoms with Gasteiger partial charge in [0.25, 0.3) is 0 Å². The molecule has 3 nitrogen and oxygen atoms in total. The number of nitrogens with one attached hydrogen (secondary N) is 1. The van der Waals surface area contributed by atoms with Gasteiger partial charge in [0.2, 0.25) is 0 Å². The molecule has 1 unspecified atom stereocenters.